The van der Waals surface area contributed by atoms with Crippen molar-refractivity contribution in [2.24, 2.45) is 0 Å². The molecule has 2 heteroatoms. The van der Waals surface area contributed by atoms with Crippen LogP contribution in [0.15, 0.2) is 18.2 Å². The maximum atomic E-state index is 6.00. The number of hydrogen-bond donors (Lipinski definition) is 1. The van der Waals surface area contributed by atoms with Gasteiger partial charge in [0.25, 0.3) is 0 Å². The first-order chi connectivity index (χ1) is 7.17. The topological polar surface area (TPSA) is 12.0 Å². The molecule has 0 bridgehead atoms. The zero-order chi connectivity index (χ0) is 11.3. The maximum absolute atomic E-state index is 6.00. The Hall–Kier alpha value is -0.530. The van der Waals surface area contributed by atoms with Gasteiger partial charge in [-0.1, -0.05) is 37.6 Å². The average Bonchev–Trinajstić information content (AvgIpc) is 2.23. The molecule has 0 heterocycles. The van der Waals surface area contributed by atoms with Crippen LogP contribution in [-0.2, 0) is 6.42 Å². The highest BCUT2D eigenvalue weighted by molar-refractivity contribution is 6.31. The number of benzene rings is 1. The van der Waals surface area contributed by atoms with Crippen LogP contribution in [-0.4, -0.2) is 12.6 Å². The second-order valence-electron chi connectivity index (χ2n) is 3.95. The van der Waals surface area contributed by atoms with Crippen LogP contribution in [0.5, 0.6) is 0 Å². The Labute approximate surface area is 97.8 Å². The smallest absolute Gasteiger partial charge is 0.0435 e. The van der Waals surface area contributed by atoms with E-state index in [9.17, 15) is 0 Å². The third-order valence-electron chi connectivity index (χ3n) is 2.69. The standard InChI is InChI=1S/C13H20ClN/c1-4-12(15-5-2)9-11-6-7-13(14)10(3)8-11/h6-8,12,15H,4-5,9H2,1-3H3. The molecule has 1 N–H and O–H groups in total. The van der Waals surface area contributed by atoms with Crippen molar-refractivity contribution in [2.45, 2.75) is 39.7 Å². The van der Waals surface area contributed by atoms with Gasteiger partial charge in [0.1, 0.15) is 0 Å². The van der Waals surface area contributed by atoms with Gasteiger partial charge in [0, 0.05) is 11.1 Å². The lowest BCUT2D eigenvalue weighted by molar-refractivity contribution is 0.510. The first kappa shape index (κ1) is 12.5. The van der Waals surface area contributed by atoms with Crippen molar-refractivity contribution in [1.82, 2.24) is 5.32 Å². The van der Waals surface area contributed by atoms with Crippen LogP contribution in [0.2, 0.25) is 5.02 Å². The number of aryl methyl sites for hydroxylation is 1. The summed E-state index contributed by atoms with van der Waals surface area (Å²) in [6, 6.07) is 6.87. The van der Waals surface area contributed by atoms with Gasteiger partial charge in [-0.3, -0.25) is 0 Å². The van der Waals surface area contributed by atoms with Gasteiger partial charge in [-0.25, -0.2) is 0 Å². The lowest BCUT2D eigenvalue weighted by Crippen LogP contribution is -2.30. The number of nitrogens with one attached hydrogen (secondary N) is 1. The predicted octanol–water partition coefficient (Wildman–Crippen LogP) is 3.58. The van der Waals surface area contributed by atoms with Crippen molar-refractivity contribution in [3.05, 3.63) is 34.3 Å². The van der Waals surface area contributed by atoms with Crippen LogP contribution in [0.25, 0.3) is 0 Å². The predicted molar refractivity (Wildman–Crippen MR) is 67.6 cm³/mol. The van der Waals surface area contributed by atoms with E-state index >= 15 is 0 Å². The highest BCUT2D eigenvalue weighted by Gasteiger charge is 2.06. The van der Waals surface area contributed by atoms with E-state index in [1.54, 1.807) is 0 Å². The SMILES string of the molecule is CCNC(CC)Cc1ccc(Cl)c(C)c1. The number of rotatable bonds is 5. The molecule has 0 aliphatic carbocycles. The summed E-state index contributed by atoms with van der Waals surface area (Å²) in [5, 5.41) is 4.34. The van der Waals surface area contributed by atoms with E-state index in [4.69, 9.17) is 11.6 Å². The second kappa shape index (κ2) is 6.14. The molecular formula is C13H20ClN. The molecule has 84 valence electrons. The molecule has 0 saturated heterocycles. The molecule has 1 nitrogen and oxygen atoms in total. The van der Waals surface area contributed by atoms with Gasteiger partial charge < -0.3 is 5.32 Å². The van der Waals surface area contributed by atoms with Crippen LogP contribution < -0.4 is 5.32 Å². The molecule has 1 aromatic carbocycles. The van der Waals surface area contributed by atoms with E-state index in [1.807, 2.05) is 6.07 Å². The molecule has 1 aromatic rings. The lowest BCUT2D eigenvalue weighted by Gasteiger charge is -2.16. The summed E-state index contributed by atoms with van der Waals surface area (Å²) in [5.41, 5.74) is 2.53. The van der Waals surface area contributed by atoms with E-state index < -0.39 is 0 Å². The summed E-state index contributed by atoms with van der Waals surface area (Å²) in [5.74, 6) is 0. The Morgan fingerprint density at radius 3 is 2.60 bits per heavy atom. The Balaban J connectivity index is 2.66. The molecule has 0 radical (unpaired) electrons. The Kier molecular flexibility index (Phi) is 5.13. The van der Waals surface area contributed by atoms with Gasteiger partial charge >= 0.3 is 0 Å². The first-order valence-electron chi connectivity index (χ1n) is 5.65. The molecule has 0 amide bonds. The fourth-order valence-corrected chi connectivity index (χ4v) is 1.89. The summed E-state index contributed by atoms with van der Waals surface area (Å²) >= 11 is 6.00. The molecular weight excluding hydrogens is 206 g/mol. The quantitative estimate of drug-likeness (QED) is 0.808. The fraction of sp³-hybridized carbons (Fsp3) is 0.538. The van der Waals surface area contributed by atoms with Gasteiger partial charge in [0.2, 0.25) is 0 Å². The van der Waals surface area contributed by atoms with E-state index in [0.717, 1.165) is 24.4 Å². The van der Waals surface area contributed by atoms with Gasteiger partial charge in [-0.2, -0.15) is 0 Å². The van der Waals surface area contributed by atoms with E-state index in [2.05, 4.69) is 38.2 Å². The molecule has 0 fully saturated rings. The van der Waals surface area contributed by atoms with E-state index in [-0.39, 0.29) is 0 Å². The van der Waals surface area contributed by atoms with Gasteiger partial charge in [-0.15, -0.1) is 0 Å². The summed E-state index contributed by atoms with van der Waals surface area (Å²) in [7, 11) is 0. The molecule has 1 atom stereocenters. The Morgan fingerprint density at radius 2 is 2.07 bits per heavy atom. The molecule has 15 heavy (non-hydrogen) atoms. The molecule has 1 rings (SSSR count). The third kappa shape index (κ3) is 3.84. The average molecular weight is 226 g/mol. The summed E-state index contributed by atoms with van der Waals surface area (Å²) in [6.07, 6.45) is 2.25. The highest BCUT2D eigenvalue weighted by atomic mass is 35.5. The normalized spacial score (nSPS) is 12.8. The minimum Gasteiger partial charge on any atom is -0.314 e. The zero-order valence-corrected chi connectivity index (χ0v) is 10.6. The summed E-state index contributed by atoms with van der Waals surface area (Å²) in [4.78, 5) is 0. The summed E-state index contributed by atoms with van der Waals surface area (Å²) in [6.45, 7) is 7.46. The van der Waals surface area contributed by atoms with Crippen molar-refractivity contribution in [3.8, 4) is 0 Å². The van der Waals surface area contributed by atoms with Crippen molar-refractivity contribution in [2.75, 3.05) is 6.54 Å². The third-order valence-corrected chi connectivity index (χ3v) is 3.11. The van der Waals surface area contributed by atoms with Crippen molar-refractivity contribution >= 4 is 11.6 Å². The molecule has 0 aliphatic rings. The molecule has 0 aliphatic heterocycles. The van der Waals surface area contributed by atoms with Crippen LogP contribution in [0.1, 0.15) is 31.4 Å². The van der Waals surface area contributed by atoms with Gasteiger partial charge in [0.05, 0.1) is 0 Å². The Bertz CT molecular complexity index is 309. The minimum atomic E-state index is 0.579. The van der Waals surface area contributed by atoms with Crippen molar-refractivity contribution < 1.29 is 0 Å². The maximum Gasteiger partial charge on any atom is 0.0435 e. The number of halogens is 1. The van der Waals surface area contributed by atoms with Crippen LogP contribution in [0.3, 0.4) is 0 Å². The lowest BCUT2D eigenvalue weighted by atomic mass is 10.0. The fourth-order valence-electron chi connectivity index (χ4n) is 1.77. The van der Waals surface area contributed by atoms with Crippen molar-refractivity contribution in [1.29, 1.82) is 0 Å². The summed E-state index contributed by atoms with van der Waals surface area (Å²) < 4.78 is 0. The number of hydrogen-bond acceptors (Lipinski definition) is 1. The van der Waals surface area contributed by atoms with Crippen LogP contribution in [0.4, 0.5) is 0 Å². The van der Waals surface area contributed by atoms with E-state index in [0.29, 0.717) is 6.04 Å². The second-order valence-corrected chi connectivity index (χ2v) is 4.36. The minimum absolute atomic E-state index is 0.579. The monoisotopic (exact) mass is 225 g/mol. The molecule has 1 unspecified atom stereocenters. The van der Waals surface area contributed by atoms with Crippen LogP contribution >= 0.6 is 11.6 Å². The zero-order valence-electron chi connectivity index (χ0n) is 9.81. The van der Waals surface area contributed by atoms with Crippen LogP contribution in [0, 0.1) is 6.92 Å². The Morgan fingerprint density at radius 1 is 1.33 bits per heavy atom. The molecule has 0 saturated carbocycles. The first-order valence-corrected chi connectivity index (χ1v) is 6.03. The molecule has 0 spiro atoms. The highest BCUT2D eigenvalue weighted by Crippen LogP contribution is 2.17. The molecule has 0 aromatic heterocycles. The van der Waals surface area contributed by atoms with Gasteiger partial charge in [-0.05, 0) is 43.5 Å². The van der Waals surface area contributed by atoms with Gasteiger partial charge in [0.15, 0.2) is 0 Å². The van der Waals surface area contributed by atoms with E-state index in [1.165, 1.54) is 11.1 Å². The van der Waals surface area contributed by atoms with Crippen molar-refractivity contribution in [3.63, 3.8) is 0 Å². The largest absolute Gasteiger partial charge is 0.314 e. The number of likely N-dealkylation sites (N-methyl/N-ethyl adjacent to an activating group) is 1.